The van der Waals surface area contributed by atoms with Crippen LogP contribution in [0.5, 0.6) is 0 Å². The molecule has 20 heavy (non-hydrogen) atoms. The number of alkyl carbamates (subject to hydrolysis) is 1. The summed E-state index contributed by atoms with van der Waals surface area (Å²) < 4.78 is 18.3. The number of hydrogen-bond acceptors (Lipinski definition) is 3. The molecule has 5 nitrogen and oxygen atoms in total. The van der Waals surface area contributed by atoms with Gasteiger partial charge in [-0.3, -0.25) is 0 Å². The van der Waals surface area contributed by atoms with Crippen molar-refractivity contribution in [1.82, 2.24) is 5.32 Å². The quantitative estimate of drug-likeness (QED) is 0.879. The van der Waals surface area contributed by atoms with E-state index in [1.807, 2.05) is 0 Å². The maximum atomic E-state index is 13.1. The van der Waals surface area contributed by atoms with Gasteiger partial charge in [-0.05, 0) is 54.4 Å². The van der Waals surface area contributed by atoms with Crippen LogP contribution in [0.15, 0.2) is 22.7 Å². The molecule has 110 valence electrons. The van der Waals surface area contributed by atoms with Crippen molar-refractivity contribution in [1.29, 1.82) is 0 Å². The molecule has 1 unspecified atom stereocenters. The topological polar surface area (TPSA) is 75.6 Å². The highest BCUT2D eigenvalue weighted by molar-refractivity contribution is 9.10. The molecule has 0 heterocycles. The lowest BCUT2D eigenvalue weighted by Crippen LogP contribution is -2.38. The zero-order chi connectivity index (χ0) is 15.5. The molecule has 1 atom stereocenters. The number of carbonyl (C=O) groups excluding carboxylic acids is 1. The van der Waals surface area contributed by atoms with Crippen molar-refractivity contribution < 1.29 is 23.8 Å². The largest absolute Gasteiger partial charge is 0.479 e. The molecule has 0 radical (unpaired) electrons. The molecule has 1 amide bonds. The maximum Gasteiger partial charge on any atom is 0.408 e. The summed E-state index contributed by atoms with van der Waals surface area (Å²) in [6.45, 7) is 4.99. The van der Waals surface area contributed by atoms with Crippen molar-refractivity contribution in [2.24, 2.45) is 0 Å². The first kappa shape index (κ1) is 16.4. The Morgan fingerprint density at radius 3 is 2.45 bits per heavy atom. The molecular weight excluding hydrogens is 333 g/mol. The van der Waals surface area contributed by atoms with Crippen LogP contribution in [0.2, 0.25) is 0 Å². The average Bonchev–Trinajstić information content (AvgIpc) is 2.27. The van der Waals surface area contributed by atoms with Gasteiger partial charge in [0.2, 0.25) is 0 Å². The molecule has 0 saturated heterocycles. The second-order valence-corrected chi connectivity index (χ2v) is 5.95. The van der Waals surface area contributed by atoms with Crippen LogP contribution in [0, 0.1) is 5.82 Å². The van der Waals surface area contributed by atoms with Crippen LogP contribution in [-0.2, 0) is 9.53 Å². The Morgan fingerprint density at radius 1 is 1.40 bits per heavy atom. The lowest BCUT2D eigenvalue weighted by molar-refractivity contribution is -0.139. The molecule has 0 aliphatic rings. The van der Waals surface area contributed by atoms with E-state index in [0.29, 0.717) is 0 Å². The summed E-state index contributed by atoms with van der Waals surface area (Å²) in [7, 11) is 0. The van der Waals surface area contributed by atoms with E-state index in [9.17, 15) is 14.0 Å². The van der Waals surface area contributed by atoms with E-state index in [1.54, 1.807) is 20.8 Å². The van der Waals surface area contributed by atoms with Gasteiger partial charge in [0, 0.05) is 0 Å². The Kier molecular flexibility index (Phi) is 5.10. The van der Waals surface area contributed by atoms with Crippen molar-refractivity contribution in [3.05, 3.63) is 34.1 Å². The summed E-state index contributed by atoms with van der Waals surface area (Å²) in [5, 5.41) is 11.4. The summed E-state index contributed by atoms with van der Waals surface area (Å²) in [4.78, 5) is 22.8. The van der Waals surface area contributed by atoms with Crippen LogP contribution in [0.4, 0.5) is 9.18 Å². The molecule has 0 bridgehead atoms. The first-order valence-corrected chi connectivity index (χ1v) is 6.57. The van der Waals surface area contributed by atoms with Gasteiger partial charge in [0.05, 0.1) is 4.47 Å². The standard InChI is InChI=1S/C13H15BrFNO4/c1-13(2,3)20-12(19)16-10(11(17)18)7-4-5-9(15)8(14)6-7/h4-6,10H,1-3H3,(H,16,19)(H,17,18). The van der Waals surface area contributed by atoms with E-state index in [0.717, 1.165) is 6.07 Å². The number of nitrogens with one attached hydrogen (secondary N) is 1. The van der Waals surface area contributed by atoms with E-state index in [4.69, 9.17) is 9.84 Å². The van der Waals surface area contributed by atoms with E-state index in [-0.39, 0.29) is 10.0 Å². The monoisotopic (exact) mass is 347 g/mol. The van der Waals surface area contributed by atoms with E-state index in [2.05, 4.69) is 21.2 Å². The summed E-state index contributed by atoms with van der Waals surface area (Å²) in [6, 6.07) is 2.38. The molecule has 0 spiro atoms. The Morgan fingerprint density at radius 2 is 2.00 bits per heavy atom. The third-order valence-corrected chi connectivity index (χ3v) is 2.79. The minimum absolute atomic E-state index is 0.118. The number of carboxylic acid groups (broad SMARTS) is 1. The van der Waals surface area contributed by atoms with Crippen LogP contribution < -0.4 is 5.32 Å². The van der Waals surface area contributed by atoms with Crippen LogP contribution >= 0.6 is 15.9 Å². The second kappa shape index (κ2) is 6.21. The number of benzene rings is 1. The number of ether oxygens (including phenoxy) is 1. The van der Waals surface area contributed by atoms with Gasteiger partial charge >= 0.3 is 12.1 Å². The zero-order valence-electron chi connectivity index (χ0n) is 11.2. The zero-order valence-corrected chi connectivity index (χ0v) is 12.8. The SMILES string of the molecule is CC(C)(C)OC(=O)NC(C(=O)O)c1ccc(F)c(Br)c1. The highest BCUT2D eigenvalue weighted by Crippen LogP contribution is 2.22. The smallest absolute Gasteiger partial charge is 0.408 e. The molecule has 2 N–H and O–H groups in total. The van der Waals surface area contributed by atoms with E-state index < -0.39 is 29.5 Å². The van der Waals surface area contributed by atoms with Gasteiger partial charge in [0.1, 0.15) is 11.4 Å². The predicted octanol–water partition coefficient (Wildman–Crippen LogP) is 3.24. The third-order valence-electron chi connectivity index (χ3n) is 2.19. The fourth-order valence-corrected chi connectivity index (χ4v) is 1.80. The number of rotatable bonds is 3. The number of carbonyl (C=O) groups is 2. The molecule has 0 aromatic heterocycles. The third kappa shape index (κ3) is 4.80. The minimum atomic E-state index is -1.32. The Hall–Kier alpha value is -1.63. The summed E-state index contributed by atoms with van der Waals surface area (Å²) in [6.07, 6.45) is -0.856. The molecule has 0 saturated carbocycles. The Balaban J connectivity index is 2.92. The first-order valence-electron chi connectivity index (χ1n) is 5.77. The lowest BCUT2D eigenvalue weighted by Gasteiger charge is -2.22. The van der Waals surface area contributed by atoms with Gasteiger partial charge in [0.15, 0.2) is 6.04 Å². The van der Waals surface area contributed by atoms with Gasteiger partial charge < -0.3 is 15.2 Å². The second-order valence-electron chi connectivity index (χ2n) is 5.09. The van der Waals surface area contributed by atoms with E-state index in [1.165, 1.54) is 12.1 Å². The number of aliphatic carboxylic acids is 1. The summed E-state index contributed by atoms with van der Waals surface area (Å²) >= 11 is 2.97. The van der Waals surface area contributed by atoms with Crippen LogP contribution in [-0.4, -0.2) is 22.8 Å². The van der Waals surface area contributed by atoms with Gasteiger partial charge in [0.25, 0.3) is 0 Å². The number of carboxylic acids is 1. The minimum Gasteiger partial charge on any atom is -0.479 e. The van der Waals surface area contributed by atoms with Crippen molar-refractivity contribution in [3.63, 3.8) is 0 Å². The average molecular weight is 348 g/mol. The number of hydrogen-bond donors (Lipinski definition) is 2. The lowest BCUT2D eigenvalue weighted by atomic mass is 10.1. The maximum absolute atomic E-state index is 13.1. The molecule has 0 fully saturated rings. The van der Waals surface area contributed by atoms with Crippen LogP contribution in [0.1, 0.15) is 32.4 Å². The highest BCUT2D eigenvalue weighted by atomic mass is 79.9. The van der Waals surface area contributed by atoms with Crippen molar-refractivity contribution in [3.8, 4) is 0 Å². The fraction of sp³-hybridized carbons (Fsp3) is 0.385. The van der Waals surface area contributed by atoms with Crippen molar-refractivity contribution >= 4 is 28.0 Å². The molecule has 7 heteroatoms. The first-order chi connectivity index (χ1) is 9.10. The van der Waals surface area contributed by atoms with Crippen molar-refractivity contribution in [2.45, 2.75) is 32.4 Å². The summed E-state index contributed by atoms with van der Waals surface area (Å²) in [5.74, 6) is -1.79. The number of amides is 1. The predicted molar refractivity (Wildman–Crippen MR) is 73.8 cm³/mol. The molecule has 1 aromatic rings. The highest BCUT2D eigenvalue weighted by Gasteiger charge is 2.25. The normalized spacial score (nSPS) is 12.7. The molecule has 0 aliphatic heterocycles. The molecular formula is C13H15BrFNO4. The molecule has 0 aliphatic carbocycles. The fourth-order valence-electron chi connectivity index (χ4n) is 1.40. The van der Waals surface area contributed by atoms with E-state index >= 15 is 0 Å². The van der Waals surface area contributed by atoms with Gasteiger partial charge in [-0.2, -0.15) is 0 Å². The van der Waals surface area contributed by atoms with Gasteiger partial charge in [-0.25, -0.2) is 14.0 Å². The summed E-state index contributed by atoms with van der Waals surface area (Å²) in [5.41, 5.74) is -0.507. The number of halogens is 2. The van der Waals surface area contributed by atoms with Gasteiger partial charge in [-0.1, -0.05) is 6.07 Å². The van der Waals surface area contributed by atoms with Crippen molar-refractivity contribution in [2.75, 3.05) is 0 Å². The van der Waals surface area contributed by atoms with Gasteiger partial charge in [-0.15, -0.1) is 0 Å². The van der Waals surface area contributed by atoms with Crippen LogP contribution in [0.3, 0.4) is 0 Å². The Labute approximate surface area is 124 Å². The molecule has 1 rings (SSSR count). The van der Waals surface area contributed by atoms with Crippen LogP contribution in [0.25, 0.3) is 0 Å². The Bertz CT molecular complexity index is 528. The molecule has 1 aromatic carbocycles.